The van der Waals surface area contributed by atoms with Crippen molar-refractivity contribution < 1.29 is 9.90 Å². The van der Waals surface area contributed by atoms with Gasteiger partial charge in [0.05, 0.1) is 5.56 Å². The van der Waals surface area contributed by atoms with Crippen molar-refractivity contribution in [3.8, 4) is 11.4 Å². The summed E-state index contributed by atoms with van der Waals surface area (Å²) in [5.74, 6) is -0.277. The fourth-order valence-corrected chi connectivity index (χ4v) is 2.63. The monoisotopic (exact) mass is 289 g/mol. The molecular formula is C17H11N3O2. The van der Waals surface area contributed by atoms with Crippen LogP contribution in [0.3, 0.4) is 0 Å². The highest BCUT2D eigenvalue weighted by atomic mass is 16.4. The Hall–Kier alpha value is -3.21. The summed E-state index contributed by atoms with van der Waals surface area (Å²) in [7, 11) is 0. The Balaban J connectivity index is 1.99. The van der Waals surface area contributed by atoms with E-state index in [2.05, 4.69) is 10.2 Å². The molecule has 4 aromatic rings. The number of carboxylic acid groups (broad SMARTS) is 1. The van der Waals surface area contributed by atoms with Crippen molar-refractivity contribution in [1.29, 1.82) is 0 Å². The molecule has 2 aromatic heterocycles. The van der Waals surface area contributed by atoms with Crippen LogP contribution in [0.25, 0.3) is 27.8 Å². The van der Waals surface area contributed by atoms with Crippen LogP contribution in [-0.4, -0.2) is 25.7 Å². The zero-order valence-electron chi connectivity index (χ0n) is 11.5. The number of benzene rings is 2. The summed E-state index contributed by atoms with van der Waals surface area (Å²) in [6.07, 6.45) is 1.69. The first-order chi connectivity index (χ1) is 10.7. The van der Waals surface area contributed by atoms with E-state index in [4.69, 9.17) is 5.11 Å². The van der Waals surface area contributed by atoms with Gasteiger partial charge in [-0.05, 0) is 22.9 Å². The van der Waals surface area contributed by atoms with Gasteiger partial charge < -0.3 is 5.11 Å². The number of rotatable bonds is 2. The summed E-state index contributed by atoms with van der Waals surface area (Å²) in [5, 5.41) is 19.6. The third-order valence-corrected chi connectivity index (χ3v) is 3.69. The van der Waals surface area contributed by atoms with Crippen LogP contribution in [0.1, 0.15) is 10.4 Å². The lowest BCUT2D eigenvalue weighted by atomic mass is 10.0. The standard InChI is InChI=1S/C17H11N3O2/c21-17(22)12-8-9-20-15(10-12)18-19-16(20)14-7-3-5-11-4-1-2-6-13(11)14/h1-10H,(H,21,22). The van der Waals surface area contributed by atoms with Crippen molar-refractivity contribution >= 4 is 22.4 Å². The molecule has 2 heterocycles. The number of fused-ring (bicyclic) bond motifs is 2. The lowest BCUT2D eigenvalue weighted by molar-refractivity contribution is 0.0697. The van der Waals surface area contributed by atoms with Crippen molar-refractivity contribution in [3.63, 3.8) is 0 Å². The van der Waals surface area contributed by atoms with Gasteiger partial charge in [-0.25, -0.2) is 4.79 Å². The molecule has 0 aliphatic carbocycles. The minimum absolute atomic E-state index is 0.198. The summed E-state index contributed by atoms with van der Waals surface area (Å²) in [4.78, 5) is 11.0. The largest absolute Gasteiger partial charge is 0.478 e. The van der Waals surface area contributed by atoms with Crippen LogP contribution in [0.4, 0.5) is 0 Å². The second kappa shape index (κ2) is 4.66. The number of carboxylic acids is 1. The van der Waals surface area contributed by atoms with Gasteiger partial charge >= 0.3 is 5.97 Å². The molecule has 106 valence electrons. The maximum Gasteiger partial charge on any atom is 0.335 e. The van der Waals surface area contributed by atoms with Gasteiger partial charge in [-0.3, -0.25) is 4.40 Å². The number of pyridine rings is 1. The molecule has 4 rings (SSSR count). The third-order valence-electron chi connectivity index (χ3n) is 3.69. The highest BCUT2D eigenvalue weighted by Crippen LogP contribution is 2.27. The van der Waals surface area contributed by atoms with Crippen LogP contribution >= 0.6 is 0 Å². The van der Waals surface area contributed by atoms with Crippen molar-refractivity contribution in [2.24, 2.45) is 0 Å². The van der Waals surface area contributed by atoms with Gasteiger partial charge in [-0.1, -0.05) is 42.5 Å². The fourth-order valence-electron chi connectivity index (χ4n) is 2.63. The molecule has 0 amide bonds. The van der Waals surface area contributed by atoms with E-state index >= 15 is 0 Å². The number of nitrogens with zero attached hydrogens (tertiary/aromatic N) is 3. The van der Waals surface area contributed by atoms with Crippen LogP contribution in [0, 0.1) is 0 Å². The molecule has 5 heteroatoms. The maximum absolute atomic E-state index is 11.0. The topological polar surface area (TPSA) is 67.5 Å². The van der Waals surface area contributed by atoms with Crippen LogP contribution < -0.4 is 0 Å². The van der Waals surface area contributed by atoms with Crippen LogP contribution in [0.5, 0.6) is 0 Å². The van der Waals surface area contributed by atoms with E-state index in [1.54, 1.807) is 16.7 Å². The third kappa shape index (κ3) is 1.83. The normalized spacial score (nSPS) is 11.1. The van der Waals surface area contributed by atoms with Crippen LogP contribution in [-0.2, 0) is 0 Å². The lowest BCUT2D eigenvalue weighted by Gasteiger charge is -2.05. The Morgan fingerprint density at radius 1 is 1.00 bits per heavy atom. The van der Waals surface area contributed by atoms with Gasteiger partial charge in [0.15, 0.2) is 11.5 Å². The van der Waals surface area contributed by atoms with E-state index in [0.717, 1.165) is 16.3 Å². The number of carbonyl (C=O) groups is 1. The second-order valence-corrected chi connectivity index (χ2v) is 5.00. The Bertz CT molecular complexity index is 1020. The van der Waals surface area contributed by atoms with E-state index in [9.17, 15) is 4.79 Å². The fraction of sp³-hybridized carbons (Fsp3) is 0. The molecule has 0 atom stereocenters. The first kappa shape index (κ1) is 12.5. The number of aromatic nitrogens is 3. The molecule has 0 radical (unpaired) electrons. The molecule has 0 unspecified atom stereocenters. The SMILES string of the molecule is O=C(O)c1ccn2c(-c3cccc4ccccc34)nnc2c1. The number of aromatic carboxylic acids is 1. The van der Waals surface area contributed by atoms with E-state index in [0.29, 0.717) is 11.5 Å². The zero-order valence-corrected chi connectivity index (χ0v) is 11.5. The van der Waals surface area contributed by atoms with Crippen molar-refractivity contribution in [1.82, 2.24) is 14.6 Å². The van der Waals surface area contributed by atoms with Crippen molar-refractivity contribution in [3.05, 3.63) is 66.4 Å². The quantitative estimate of drug-likeness (QED) is 0.615. The second-order valence-electron chi connectivity index (χ2n) is 5.00. The van der Waals surface area contributed by atoms with Gasteiger partial charge in [0.25, 0.3) is 0 Å². The average molecular weight is 289 g/mol. The van der Waals surface area contributed by atoms with Gasteiger partial charge in [-0.2, -0.15) is 0 Å². The van der Waals surface area contributed by atoms with Crippen LogP contribution in [0.2, 0.25) is 0 Å². The number of hydrogen-bond acceptors (Lipinski definition) is 3. The summed E-state index contributed by atoms with van der Waals surface area (Å²) in [5.41, 5.74) is 1.68. The van der Waals surface area contributed by atoms with Gasteiger partial charge in [0.2, 0.25) is 0 Å². The molecule has 0 bridgehead atoms. The van der Waals surface area contributed by atoms with E-state index in [1.807, 2.05) is 42.5 Å². The first-order valence-corrected chi connectivity index (χ1v) is 6.80. The predicted octanol–water partition coefficient (Wildman–Crippen LogP) is 3.25. The molecule has 0 fully saturated rings. The van der Waals surface area contributed by atoms with E-state index in [1.165, 1.54) is 6.07 Å². The predicted molar refractivity (Wildman–Crippen MR) is 82.9 cm³/mol. The smallest absolute Gasteiger partial charge is 0.335 e. The first-order valence-electron chi connectivity index (χ1n) is 6.80. The van der Waals surface area contributed by atoms with Gasteiger partial charge in [-0.15, -0.1) is 10.2 Å². The Labute approximate surface area is 125 Å². The van der Waals surface area contributed by atoms with Crippen molar-refractivity contribution in [2.75, 3.05) is 0 Å². The summed E-state index contributed by atoms with van der Waals surface area (Å²) in [6.45, 7) is 0. The molecular weight excluding hydrogens is 278 g/mol. The summed E-state index contributed by atoms with van der Waals surface area (Å²) < 4.78 is 1.80. The molecule has 2 aromatic carbocycles. The Kier molecular flexibility index (Phi) is 2.66. The highest BCUT2D eigenvalue weighted by molar-refractivity contribution is 5.95. The molecule has 0 spiro atoms. The molecule has 1 N–H and O–H groups in total. The summed E-state index contributed by atoms with van der Waals surface area (Å²) >= 11 is 0. The lowest BCUT2D eigenvalue weighted by Crippen LogP contribution is -1.98. The van der Waals surface area contributed by atoms with E-state index in [-0.39, 0.29) is 5.56 Å². The minimum atomic E-state index is -0.975. The molecule has 0 aliphatic rings. The van der Waals surface area contributed by atoms with Crippen LogP contribution in [0.15, 0.2) is 60.8 Å². The molecule has 0 saturated heterocycles. The Morgan fingerprint density at radius 2 is 1.82 bits per heavy atom. The molecule has 5 nitrogen and oxygen atoms in total. The highest BCUT2D eigenvalue weighted by Gasteiger charge is 2.12. The average Bonchev–Trinajstić information content (AvgIpc) is 2.97. The minimum Gasteiger partial charge on any atom is -0.478 e. The zero-order chi connectivity index (χ0) is 15.1. The van der Waals surface area contributed by atoms with Gasteiger partial charge in [0, 0.05) is 11.8 Å². The Morgan fingerprint density at radius 3 is 2.68 bits per heavy atom. The van der Waals surface area contributed by atoms with Gasteiger partial charge in [0.1, 0.15) is 0 Å². The molecule has 0 aliphatic heterocycles. The molecule has 0 saturated carbocycles. The van der Waals surface area contributed by atoms with E-state index < -0.39 is 5.97 Å². The van der Waals surface area contributed by atoms with Crippen molar-refractivity contribution in [2.45, 2.75) is 0 Å². The summed E-state index contributed by atoms with van der Waals surface area (Å²) in [6, 6.07) is 17.1. The number of hydrogen-bond donors (Lipinski definition) is 1. The molecule has 22 heavy (non-hydrogen) atoms. The maximum atomic E-state index is 11.0.